The summed E-state index contributed by atoms with van der Waals surface area (Å²) >= 11 is 0. The molecule has 0 spiro atoms. The maximum absolute atomic E-state index is 12.1. The predicted octanol–water partition coefficient (Wildman–Crippen LogP) is 2.02. The lowest BCUT2D eigenvalue weighted by molar-refractivity contribution is -0.121. The van der Waals surface area contributed by atoms with E-state index in [1.807, 2.05) is 13.8 Å². The van der Waals surface area contributed by atoms with Crippen LogP contribution in [0.3, 0.4) is 0 Å². The molecule has 0 aliphatic carbocycles. The largest absolute Gasteiger partial charge is 0.383 e. The Balaban J connectivity index is 0.00000312. The molecule has 2 aromatic rings. The molecule has 8 nitrogen and oxygen atoms in total. The number of halogens is 2. The molecule has 2 heterocycles. The molecular weight excluding hydrogens is 381 g/mol. The molecular formula is C16H25Cl2N5O3. The Bertz CT molecular complexity index is 640. The first-order chi connectivity index (χ1) is 11.6. The van der Waals surface area contributed by atoms with Crippen molar-refractivity contribution in [1.29, 1.82) is 0 Å². The summed E-state index contributed by atoms with van der Waals surface area (Å²) in [6, 6.07) is 3.26. The zero-order valence-electron chi connectivity index (χ0n) is 15.0. The molecule has 1 amide bonds. The quantitative estimate of drug-likeness (QED) is 0.615. The second-order valence-electron chi connectivity index (χ2n) is 5.65. The van der Waals surface area contributed by atoms with Crippen LogP contribution in [0.25, 0.3) is 11.4 Å². The molecule has 0 aromatic carbocycles. The van der Waals surface area contributed by atoms with Crippen LogP contribution in [0.1, 0.15) is 25.8 Å². The van der Waals surface area contributed by atoms with Crippen molar-refractivity contribution in [2.75, 3.05) is 26.8 Å². The molecule has 0 saturated heterocycles. The van der Waals surface area contributed by atoms with E-state index >= 15 is 0 Å². The van der Waals surface area contributed by atoms with Crippen molar-refractivity contribution in [3.05, 3.63) is 30.4 Å². The number of rotatable bonds is 9. The highest BCUT2D eigenvalue weighted by Gasteiger charge is 2.24. The molecule has 146 valence electrons. The van der Waals surface area contributed by atoms with Crippen LogP contribution in [0.2, 0.25) is 0 Å². The zero-order valence-corrected chi connectivity index (χ0v) is 16.6. The normalized spacial score (nSPS) is 11.4. The van der Waals surface area contributed by atoms with Crippen molar-refractivity contribution in [2.24, 2.45) is 5.92 Å². The molecule has 1 atom stereocenters. The fourth-order valence-corrected chi connectivity index (χ4v) is 2.09. The van der Waals surface area contributed by atoms with Crippen LogP contribution in [0.4, 0.5) is 0 Å². The second kappa shape index (κ2) is 12.6. The van der Waals surface area contributed by atoms with Gasteiger partial charge in [-0.15, -0.1) is 24.8 Å². The highest BCUT2D eigenvalue weighted by Crippen LogP contribution is 2.23. The fraction of sp³-hybridized carbons (Fsp3) is 0.500. The summed E-state index contributed by atoms with van der Waals surface area (Å²) in [4.78, 5) is 20.4. The van der Waals surface area contributed by atoms with E-state index in [0.717, 1.165) is 5.56 Å². The average molecular weight is 406 g/mol. The van der Waals surface area contributed by atoms with Crippen molar-refractivity contribution in [2.45, 2.75) is 19.9 Å². The Morgan fingerprint density at radius 2 is 1.96 bits per heavy atom. The van der Waals surface area contributed by atoms with Crippen LogP contribution in [0.15, 0.2) is 29.0 Å². The Kier molecular flexibility index (Phi) is 11.7. The zero-order chi connectivity index (χ0) is 17.4. The maximum atomic E-state index is 12.1. The molecule has 0 radical (unpaired) electrons. The maximum Gasteiger partial charge on any atom is 0.249 e. The molecule has 2 aromatic heterocycles. The van der Waals surface area contributed by atoms with Crippen LogP contribution in [-0.2, 0) is 9.53 Å². The third kappa shape index (κ3) is 7.25. The number of ether oxygens (including phenoxy) is 1. The Hall–Kier alpha value is -1.74. The summed E-state index contributed by atoms with van der Waals surface area (Å²) in [6.07, 6.45) is 3.33. The van der Waals surface area contributed by atoms with E-state index in [-0.39, 0.29) is 49.2 Å². The monoisotopic (exact) mass is 405 g/mol. The van der Waals surface area contributed by atoms with Gasteiger partial charge >= 0.3 is 0 Å². The number of pyridine rings is 1. The lowest BCUT2D eigenvalue weighted by Crippen LogP contribution is -2.39. The summed E-state index contributed by atoms with van der Waals surface area (Å²) in [6.45, 7) is 5.35. The van der Waals surface area contributed by atoms with Gasteiger partial charge in [-0.1, -0.05) is 19.0 Å². The van der Waals surface area contributed by atoms with Crippen molar-refractivity contribution < 1.29 is 14.1 Å². The van der Waals surface area contributed by atoms with E-state index in [1.165, 1.54) is 0 Å². The van der Waals surface area contributed by atoms with Crippen molar-refractivity contribution in [1.82, 2.24) is 25.8 Å². The number of carbonyl (C=O) groups is 1. The van der Waals surface area contributed by atoms with Crippen LogP contribution < -0.4 is 10.6 Å². The van der Waals surface area contributed by atoms with Gasteiger partial charge in [-0.05, 0) is 18.1 Å². The third-order valence-corrected chi connectivity index (χ3v) is 3.40. The van der Waals surface area contributed by atoms with Gasteiger partial charge in [-0.3, -0.25) is 9.78 Å². The van der Waals surface area contributed by atoms with Gasteiger partial charge in [0.15, 0.2) is 0 Å². The first kappa shape index (κ1) is 24.3. The van der Waals surface area contributed by atoms with Crippen LogP contribution >= 0.6 is 24.8 Å². The lowest BCUT2D eigenvalue weighted by atomic mass is 10.0. The van der Waals surface area contributed by atoms with E-state index in [4.69, 9.17) is 9.26 Å². The summed E-state index contributed by atoms with van der Waals surface area (Å²) in [7, 11) is 1.62. The summed E-state index contributed by atoms with van der Waals surface area (Å²) in [5, 5.41) is 9.91. The van der Waals surface area contributed by atoms with Gasteiger partial charge in [0.05, 0.1) is 13.2 Å². The number of nitrogens with zero attached hydrogens (tertiary/aromatic N) is 3. The topological polar surface area (TPSA) is 102 Å². The molecule has 2 N–H and O–H groups in total. The van der Waals surface area contributed by atoms with Gasteiger partial charge in [0.1, 0.15) is 6.04 Å². The third-order valence-electron chi connectivity index (χ3n) is 3.40. The molecule has 0 fully saturated rings. The first-order valence-electron chi connectivity index (χ1n) is 7.85. The number of nitrogens with one attached hydrogen (secondary N) is 2. The first-order valence-corrected chi connectivity index (χ1v) is 7.85. The summed E-state index contributed by atoms with van der Waals surface area (Å²) in [5.41, 5.74) is 0.815. The SMILES string of the molecule is COCCNCC(=O)NC(c1nc(-c2ccncc2)no1)C(C)C.Cl.Cl. The van der Waals surface area contributed by atoms with Gasteiger partial charge in [-0.25, -0.2) is 0 Å². The molecule has 10 heteroatoms. The standard InChI is InChI=1S/C16H23N5O3.2ClH/c1-11(2)14(19-13(22)10-18-8-9-23-3)16-20-15(21-24-16)12-4-6-17-7-5-12;;/h4-7,11,14,18H,8-10H2,1-3H3,(H,19,22);2*1H. The van der Waals surface area contributed by atoms with Crippen LogP contribution in [0.5, 0.6) is 0 Å². The highest BCUT2D eigenvalue weighted by atomic mass is 35.5. The van der Waals surface area contributed by atoms with E-state index in [9.17, 15) is 4.79 Å². The summed E-state index contributed by atoms with van der Waals surface area (Å²) in [5.74, 6) is 0.847. The Morgan fingerprint density at radius 1 is 1.27 bits per heavy atom. The molecule has 0 bridgehead atoms. The van der Waals surface area contributed by atoms with Gasteiger partial charge in [0.2, 0.25) is 17.6 Å². The van der Waals surface area contributed by atoms with E-state index in [0.29, 0.717) is 24.9 Å². The second-order valence-corrected chi connectivity index (χ2v) is 5.65. The van der Waals surface area contributed by atoms with E-state index in [1.54, 1.807) is 31.6 Å². The van der Waals surface area contributed by atoms with Crippen LogP contribution in [-0.4, -0.2) is 47.8 Å². The van der Waals surface area contributed by atoms with Crippen LogP contribution in [0, 0.1) is 5.92 Å². The van der Waals surface area contributed by atoms with Crippen molar-refractivity contribution >= 4 is 30.7 Å². The van der Waals surface area contributed by atoms with Gasteiger partial charge in [0.25, 0.3) is 0 Å². The average Bonchev–Trinajstić information content (AvgIpc) is 3.07. The molecule has 1 unspecified atom stereocenters. The number of hydrogen-bond donors (Lipinski definition) is 2. The minimum Gasteiger partial charge on any atom is -0.383 e. The molecule has 2 rings (SSSR count). The molecule has 0 aliphatic heterocycles. The Labute approximate surface area is 165 Å². The molecule has 0 aliphatic rings. The molecule has 0 saturated carbocycles. The van der Waals surface area contributed by atoms with E-state index in [2.05, 4.69) is 25.8 Å². The number of hydrogen-bond acceptors (Lipinski definition) is 7. The van der Waals surface area contributed by atoms with Gasteiger partial charge < -0.3 is 19.9 Å². The lowest BCUT2D eigenvalue weighted by Gasteiger charge is -2.18. The van der Waals surface area contributed by atoms with Gasteiger partial charge in [0, 0.05) is 31.6 Å². The number of aromatic nitrogens is 3. The minimum absolute atomic E-state index is 0. The number of methoxy groups -OCH3 is 1. The van der Waals surface area contributed by atoms with Gasteiger partial charge in [-0.2, -0.15) is 4.98 Å². The minimum atomic E-state index is -0.343. The fourth-order valence-electron chi connectivity index (χ4n) is 2.09. The van der Waals surface area contributed by atoms with Crippen molar-refractivity contribution in [3.63, 3.8) is 0 Å². The predicted molar refractivity (Wildman–Crippen MR) is 102 cm³/mol. The smallest absolute Gasteiger partial charge is 0.249 e. The number of amides is 1. The number of carbonyl (C=O) groups excluding carboxylic acids is 1. The van der Waals surface area contributed by atoms with E-state index < -0.39 is 0 Å². The Morgan fingerprint density at radius 3 is 2.58 bits per heavy atom. The van der Waals surface area contributed by atoms with Crippen molar-refractivity contribution in [3.8, 4) is 11.4 Å². The summed E-state index contributed by atoms with van der Waals surface area (Å²) < 4.78 is 10.3. The molecule has 26 heavy (non-hydrogen) atoms. The highest BCUT2D eigenvalue weighted by molar-refractivity contribution is 5.85.